The quantitative estimate of drug-likeness (QED) is 0.932. The van der Waals surface area contributed by atoms with Crippen molar-refractivity contribution in [3.8, 4) is 0 Å². The molecule has 5 heteroatoms. The number of piperazine rings is 1. The molecule has 0 aliphatic carbocycles. The van der Waals surface area contributed by atoms with E-state index < -0.39 is 0 Å². The van der Waals surface area contributed by atoms with Crippen LogP contribution in [0, 0.1) is 12.8 Å². The lowest BCUT2D eigenvalue weighted by Crippen LogP contribution is -2.55. The van der Waals surface area contributed by atoms with Crippen LogP contribution < -0.4 is 5.32 Å². The number of hydrogen-bond acceptors (Lipinski definition) is 4. The summed E-state index contributed by atoms with van der Waals surface area (Å²) < 4.78 is 0. The van der Waals surface area contributed by atoms with Crippen molar-refractivity contribution in [1.29, 1.82) is 0 Å². The molecule has 1 fully saturated rings. The minimum Gasteiger partial charge on any atom is -0.335 e. The summed E-state index contributed by atoms with van der Waals surface area (Å²) in [5.41, 5.74) is 0.978. The number of carbonyl (C=O) groups is 1. The standard InChI is InChI=1S/C15H25N3OS/c1-9(2)6-13-14(20-12(5)17-13)15(19)18-7-10(3)16-11(4)8-18/h9-11,16H,6-8H2,1-5H3. The maximum atomic E-state index is 12.8. The number of aromatic nitrogens is 1. The Labute approximate surface area is 125 Å². The van der Waals surface area contributed by atoms with Crippen molar-refractivity contribution in [2.45, 2.75) is 53.1 Å². The molecule has 2 unspecified atom stereocenters. The van der Waals surface area contributed by atoms with E-state index in [0.29, 0.717) is 18.0 Å². The van der Waals surface area contributed by atoms with Crippen molar-refractivity contribution in [3.63, 3.8) is 0 Å². The molecule has 2 atom stereocenters. The second kappa shape index (κ2) is 6.22. The Hall–Kier alpha value is -0.940. The van der Waals surface area contributed by atoms with E-state index in [0.717, 1.165) is 35.1 Å². The number of aryl methyl sites for hydroxylation is 1. The minimum absolute atomic E-state index is 0.159. The lowest BCUT2D eigenvalue weighted by Gasteiger charge is -2.36. The minimum atomic E-state index is 0.159. The van der Waals surface area contributed by atoms with Gasteiger partial charge in [-0.2, -0.15) is 0 Å². The van der Waals surface area contributed by atoms with Gasteiger partial charge in [-0.25, -0.2) is 4.98 Å². The van der Waals surface area contributed by atoms with Crippen LogP contribution in [0.2, 0.25) is 0 Å². The van der Waals surface area contributed by atoms with Gasteiger partial charge in [-0.05, 0) is 33.1 Å². The number of nitrogens with zero attached hydrogens (tertiary/aromatic N) is 2. The molecule has 2 heterocycles. The zero-order valence-corrected chi connectivity index (χ0v) is 13.9. The van der Waals surface area contributed by atoms with Gasteiger partial charge in [-0.1, -0.05) is 13.8 Å². The van der Waals surface area contributed by atoms with E-state index in [1.807, 2.05) is 11.8 Å². The largest absolute Gasteiger partial charge is 0.335 e. The molecule has 1 N–H and O–H groups in total. The summed E-state index contributed by atoms with van der Waals surface area (Å²) in [4.78, 5) is 20.2. The first-order valence-electron chi connectivity index (χ1n) is 7.38. The molecule has 20 heavy (non-hydrogen) atoms. The fourth-order valence-corrected chi connectivity index (χ4v) is 3.71. The molecule has 0 bridgehead atoms. The van der Waals surface area contributed by atoms with Crippen LogP contribution in [0.4, 0.5) is 0 Å². The molecule has 4 nitrogen and oxygen atoms in total. The summed E-state index contributed by atoms with van der Waals surface area (Å²) in [7, 11) is 0. The van der Waals surface area contributed by atoms with E-state index in [4.69, 9.17) is 0 Å². The van der Waals surface area contributed by atoms with E-state index in [2.05, 4.69) is 38.0 Å². The molecule has 0 saturated carbocycles. The molecular weight excluding hydrogens is 270 g/mol. The highest BCUT2D eigenvalue weighted by Gasteiger charge is 2.28. The third kappa shape index (κ3) is 3.58. The lowest BCUT2D eigenvalue weighted by molar-refractivity contribution is 0.0677. The summed E-state index contributed by atoms with van der Waals surface area (Å²) >= 11 is 1.54. The Morgan fingerprint density at radius 2 is 2.00 bits per heavy atom. The molecule has 1 aliphatic heterocycles. The molecule has 112 valence electrons. The summed E-state index contributed by atoms with van der Waals surface area (Å²) in [5.74, 6) is 0.676. The Bertz CT molecular complexity index is 473. The van der Waals surface area contributed by atoms with Crippen molar-refractivity contribution in [2.24, 2.45) is 5.92 Å². The average molecular weight is 295 g/mol. The molecule has 2 rings (SSSR count). The van der Waals surface area contributed by atoms with Crippen LogP contribution in [0.25, 0.3) is 0 Å². The number of amides is 1. The van der Waals surface area contributed by atoms with Crippen molar-refractivity contribution in [3.05, 3.63) is 15.6 Å². The van der Waals surface area contributed by atoms with Crippen LogP contribution >= 0.6 is 11.3 Å². The zero-order valence-electron chi connectivity index (χ0n) is 13.1. The topological polar surface area (TPSA) is 45.2 Å². The molecule has 1 amide bonds. The van der Waals surface area contributed by atoms with Crippen LogP contribution in [0.1, 0.15) is 48.1 Å². The second-order valence-corrected chi connectivity index (χ2v) is 7.49. The Balaban J connectivity index is 2.20. The lowest BCUT2D eigenvalue weighted by atomic mass is 10.1. The van der Waals surface area contributed by atoms with Gasteiger partial charge in [0.05, 0.1) is 10.7 Å². The van der Waals surface area contributed by atoms with E-state index in [1.54, 1.807) is 0 Å². The molecule has 0 spiro atoms. The molecular formula is C15H25N3OS. The van der Waals surface area contributed by atoms with Gasteiger partial charge >= 0.3 is 0 Å². The van der Waals surface area contributed by atoms with Crippen LogP contribution in [-0.2, 0) is 6.42 Å². The van der Waals surface area contributed by atoms with Crippen LogP contribution in [0.15, 0.2) is 0 Å². The van der Waals surface area contributed by atoms with Gasteiger partial charge in [0, 0.05) is 25.2 Å². The maximum absolute atomic E-state index is 12.8. The van der Waals surface area contributed by atoms with E-state index in [-0.39, 0.29) is 5.91 Å². The third-order valence-corrected chi connectivity index (χ3v) is 4.45. The molecule has 1 saturated heterocycles. The SMILES string of the molecule is Cc1nc(CC(C)C)c(C(=O)N2CC(C)NC(C)C2)s1. The van der Waals surface area contributed by atoms with E-state index in [1.165, 1.54) is 11.3 Å². The molecule has 1 aromatic rings. The first-order valence-corrected chi connectivity index (χ1v) is 8.20. The predicted octanol–water partition coefficient (Wildman–Crippen LogP) is 2.47. The van der Waals surface area contributed by atoms with Crippen molar-refractivity contribution < 1.29 is 4.79 Å². The van der Waals surface area contributed by atoms with Crippen molar-refractivity contribution >= 4 is 17.2 Å². The highest BCUT2D eigenvalue weighted by atomic mass is 32.1. The van der Waals surface area contributed by atoms with Crippen LogP contribution in [0.5, 0.6) is 0 Å². The number of hydrogen-bond donors (Lipinski definition) is 1. The fourth-order valence-electron chi connectivity index (χ4n) is 2.80. The predicted molar refractivity (Wildman–Crippen MR) is 83.4 cm³/mol. The van der Waals surface area contributed by atoms with Gasteiger partial charge in [-0.3, -0.25) is 4.79 Å². The number of thiazole rings is 1. The molecule has 0 aromatic carbocycles. The number of rotatable bonds is 3. The Kier molecular flexibility index (Phi) is 4.81. The van der Waals surface area contributed by atoms with Gasteiger partial charge < -0.3 is 10.2 Å². The molecule has 1 aliphatic rings. The summed E-state index contributed by atoms with van der Waals surface area (Å²) in [6.45, 7) is 12.1. The monoisotopic (exact) mass is 295 g/mol. The fraction of sp³-hybridized carbons (Fsp3) is 0.733. The van der Waals surface area contributed by atoms with Crippen molar-refractivity contribution in [2.75, 3.05) is 13.1 Å². The van der Waals surface area contributed by atoms with Gasteiger partial charge in [-0.15, -0.1) is 11.3 Å². The number of nitrogens with one attached hydrogen (secondary N) is 1. The zero-order chi connectivity index (χ0) is 14.9. The van der Waals surface area contributed by atoms with Crippen molar-refractivity contribution in [1.82, 2.24) is 15.2 Å². The van der Waals surface area contributed by atoms with Gasteiger partial charge in [0.25, 0.3) is 5.91 Å². The first-order chi connectivity index (χ1) is 9.36. The normalized spacial score (nSPS) is 23.4. The Morgan fingerprint density at radius 3 is 2.55 bits per heavy atom. The highest BCUT2D eigenvalue weighted by Crippen LogP contribution is 2.23. The Morgan fingerprint density at radius 1 is 1.40 bits per heavy atom. The highest BCUT2D eigenvalue weighted by molar-refractivity contribution is 7.13. The van der Waals surface area contributed by atoms with Crippen LogP contribution in [-0.4, -0.2) is 41.0 Å². The van der Waals surface area contributed by atoms with E-state index >= 15 is 0 Å². The van der Waals surface area contributed by atoms with Gasteiger partial charge in [0.1, 0.15) is 4.88 Å². The third-order valence-electron chi connectivity index (χ3n) is 3.44. The summed E-state index contributed by atoms with van der Waals surface area (Å²) in [6.07, 6.45) is 0.878. The second-order valence-electron chi connectivity index (χ2n) is 6.29. The van der Waals surface area contributed by atoms with Gasteiger partial charge in [0.2, 0.25) is 0 Å². The summed E-state index contributed by atoms with van der Waals surface area (Å²) in [6, 6.07) is 0.704. The number of carbonyl (C=O) groups excluding carboxylic acids is 1. The summed E-state index contributed by atoms with van der Waals surface area (Å²) in [5, 5.41) is 4.45. The molecule has 1 aromatic heterocycles. The maximum Gasteiger partial charge on any atom is 0.265 e. The molecule has 0 radical (unpaired) electrons. The average Bonchev–Trinajstić information content (AvgIpc) is 2.67. The first kappa shape index (κ1) is 15.4. The van der Waals surface area contributed by atoms with Gasteiger partial charge in [0.15, 0.2) is 0 Å². The van der Waals surface area contributed by atoms with Crippen LogP contribution in [0.3, 0.4) is 0 Å². The van der Waals surface area contributed by atoms with E-state index in [9.17, 15) is 4.79 Å². The smallest absolute Gasteiger partial charge is 0.265 e.